The van der Waals surface area contributed by atoms with Crippen molar-refractivity contribution in [3.63, 3.8) is 0 Å². The van der Waals surface area contributed by atoms with Crippen molar-refractivity contribution in [1.82, 2.24) is 0 Å². The van der Waals surface area contributed by atoms with Crippen LogP contribution in [0.2, 0.25) is 0 Å². The van der Waals surface area contributed by atoms with Gasteiger partial charge in [0.05, 0.1) is 0 Å². The summed E-state index contributed by atoms with van der Waals surface area (Å²) in [4.78, 5) is 0. The van der Waals surface area contributed by atoms with Crippen LogP contribution in [0.3, 0.4) is 0 Å². The molecule has 0 nitrogen and oxygen atoms in total. The van der Waals surface area contributed by atoms with Gasteiger partial charge < -0.3 is 0 Å². The maximum absolute atomic E-state index is 15.7. The molecule has 1 aromatic carbocycles. The molecule has 2 fully saturated rings. The highest BCUT2D eigenvalue weighted by molar-refractivity contribution is 5.54. The second-order valence-electron chi connectivity index (χ2n) is 11.3. The smallest absolute Gasteiger partial charge is 0.161 e. The van der Waals surface area contributed by atoms with Crippen LogP contribution in [-0.4, -0.2) is 6.17 Å². The van der Waals surface area contributed by atoms with E-state index in [1.165, 1.54) is 57.8 Å². The first-order valence-corrected chi connectivity index (χ1v) is 13.8. The average Bonchev–Trinajstić information content (AvgIpc) is 2.86. The predicted octanol–water partition coefficient (Wildman–Crippen LogP) is 8.04. The lowest BCUT2D eigenvalue weighted by Gasteiger charge is -2.40. The maximum Gasteiger partial charge on any atom is 0.161 e. The van der Waals surface area contributed by atoms with Crippen molar-refractivity contribution in [1.29, 1.82) is 0 Å². The van der Waals surface area contributed by atoms with Crippen LogP contribution in [0.1, 0.15) is 97.3 Å². The lowest BCUT2D eigenvalue weighted by atomic mass is 9.66. The summed E-state index contributed by atoms with van der Waals surface area (Å²) in [7, 11) is 0. The fourth-order valence-electron chi connectivity index (χ4n) is 7.14. The minimum absolute atomic E-state index is 0.449. The molecule has 0 N–H and O–H groups in total. The second kappa shape index (κ2) is 11.3. The lowest BCUT2D eigenvalue weighted by Crippen LogP contribution is -2.43. The van der Waals surface area contributed by atoms with Gasteiger partial charge in [-0.1, -0.05) is 81.5 Å². The summed E-state index contributed by atoms with van der Waals surface area (Å²) in [6.45, 7) is 4.34. The minimum Gasteiger partial charge on any atom is -0.239 e. The van der Waals surface area contributed by atoms with Gasteiger partial charge in [-0.05, 0) is 87.2 Å². The number of hydrogen-bond acceptors (Lipinski definition) is 0. The molecule has 0 spiro atoms. The van der Waals surface area contributed by atoms with E-state index in [0.717, 1.165) is 42.2 Å². The Morgan fingerprint density at radius 1 is 0.909 bits per heavy atom. The van der Waals surface area contributed by atoms with Gasteiger partial charge in [0.25, 0.3) is 0 Å². The van der Waals surface area contributed by atoms with E-state index in [0.29, 0.717) is 17.6 Å². The number of benzene rings is 1. The number of rotatable bonds is 8. The molecular formula is C31H44F2. The molecule has 4 rings (SSSR count). The molecule has 0 aliphatic heterocycles. The third-order valence-electron chi connectivity index (χ3n) is 9.45. The Labute approximate surface area is 200 Å². The van der Waals surface area contributed by atoms with Gasteiger partial charge in [0.1, 0.15) is 5.83 Å². The molecule has 0 saturated heterocycles. The van der Waals surface area contributed by atoms with E-state index in [4.69, 9.17) is 0 Å². The Bertz CT molecular complexity index is 899. The Kier molecular flexibility index (Phi) is 8.47. The van der Waals surface area contributed by atoms with Crippen molar-refractivity contribution in [2.24, 2.45) is 29.1 Å². The van der Waals surface area contributed by atoms with Gasteiger partial charge in [-0.15, -0.1) is 0 Å². The molecule has 0 aromatic heterocycles. The molecule has 0 amide bonds. The Morgan fingerprint density at radius 3 is 2.18 bits per heavy atom. The quantitative estimate of drug-likeness (QED) is 0.349. The zero-order valence-electron chi connectivity index (χ0n) is 20.9. The number of fused-ring (bicyclic) bond motifs is 1. The molecule has 2 atom stereocenters. The molecule has 2 unspecified atom stereocenters. The molecular weight excluding hydrogens is 410 g/mol. The first kappa shape index (κ1) is 24.7. The number of alkyl halides is 1. The average molecular weight is 455 g/mol. The maximum atomic E-state index is 15.7. The van der Waals surface area contributed by atoms with Crippen molar-refractivity contribution in [3.8, 4) is 0 Å². The standard InChI is InChI=1S/C31H44F2/c1-3-5-8-20-31(22-27-9-6-7-10-28(27)29(32)30(31)33)21-19-24-13-17-26(18-14-24)25-15-11-23(4-2)12-16-25/h3,5-7,9-10,22-26,30H,4,8,11-21H2,1-2H3/b5-3+. The Morgan fingerprint density at radius 2 is 1.55 bits per heavy atom. The molecule has 2 saturated carbocycles. The molecule has 2 heteroatoms. The van der Waals surface area contributed by atoms with E-state index in [2.05, 4.69) is 19.1 Å². The van der Waals surface area contributed by atoms with Crippen LogP contribution in [-0.2, 0) is 0 Å². The summed E-state index contributed by atoms with van der Waals surface area (Å²) in [6.07, 6.45) is 20.3. The van der Waals surface area contributed by atoms with Gasteiger partial charge >= 0.3 is 0 Å². The minimum atomic E-state index is -1.53. The summed E-state index contributed by atoms with van der Waals surface area (Å²) >= 11 is 0. The normalized spacial score (nSPS) is 34.8. The van der Waals surface area contributed by atoms with Crippen LogP contribution in [0.5, 0.6) is 0 Å². The van der Waals surface area contributed by atoms with Crippen molar-refractivity contribution in [2.75, 3.05) is 0 Å². The third kappa shape index (κ3) is 5.63. The van der Waals surface area contributed by atoms with Crippen molar-refractivity contribution in [2.45, 2.75) is 103 Å². The summed E-state index contributed by atoms with van der Waals surface area (Å²) in [5.41, 5.74) is -0.715. The predicted molar refractivity (Wildman–Crippen MR) is 136 cm³/mol. The zero-order chi connectivity index (χ0) is 23.3. The van der Waals surface area contributed by atoms with E-state index >= 15 is 8.78 Å². The fourth-order valence-corrected chi connectivity index (χ4v) is 7.14. The summed E-state index contributed by atoms with van der Waals surface area (Å²) < 4.78 is 30.8. The van der Waals surface area contributed by atoms with Crippen molar-refractivity contribution >= 4 is 11.9 Å². The largest absolute Gasteiger partial charge is 0.239 e. The zero-order valence-corrected chi connectivity index (χ0v) is 20.9. The molecule has 0 heterocycles. The molecule has 3 aliphatic carbocycles. The third-order valence-corrected chi connectivity index (χ3v) is 9.45. The van der Waals surface area contributed by atoms with E-state index in [1.807, 2.05) is 25.1 Å². The summed E-state index contributed by atoms with van der Waals surface area (Å²) in [6, 6.07) is 7.41. The van der Waals surface area contributed by atoms with Gasteiger partial charge in [0.15, 0.2) is 6.17 Å². The molecule has 0 bridgehead atoms. The molecule has 3 aliphatic rings. The number of allylic oxidation sites excluding steroid dienone is 2. The SMILES string of the molecule is C/C=C/CCC1(CCC2CCC(C3CCC(CC)CC3)CC2)C=c2ccccc2=C(F)C1F. The van der Waals surface area contributed by atoms with Crippen LogP contribution in [0, 0.1) is 29.1 Å². The topological polar surface area (TPSA) is 0 Å². The highest BCUT2D eigenvalue weighted by Gasteiger charge is 2.42. The van der Waals surface area contributed by atoms with Crippen LogP contribution in [0.25, 0.3) is 11.9 Å². The van der Waals surface area contributed by atoms with Gasteiger partial charge in [0.2, 0.25) is 0 Å². The summed E-state index contributed by atoms with van der Waals surface area (Å²) in [5.74, 6) is 2.95. The van der Waals surface area contributed by atoms with Gasteiger partial charge in [-0.2, -0.15) is 0 Å². The van der Waals surface area contributed by atoms with Crippen molar-refractivity contribution in [3.05, 3.63) is 46.9 Å². The molecule has 182 valence electrons. The monoisotopic (exact) mass is 454 g/mol. The molecule has 1 aromatic rings. The lowest BCUT2D eigenvalue weighted by molar-refractivity contribution is 0.126. The van der Waals surface area contributed by atoms with E-state index < -0.39 is 17.4 Å². The van der Waals surface area contributed by atoms with Gasteiger partial charge in [-0.3, -0.25) is 0 Å². The van der Waals surface area contributed by atoms with Gasteiger partial charge in [-0.25, -0.2) is 8.78 Å². The van der Waals surface area contributed by atoms with Crippen LogP contribution >= 0.6 is 0 Å². The Hall–Kier alpha value is -1.44. The van der Waals surface area contributed by atoms with Crippen LogP contribution in [0.4, 0.5) is 8.78 Å². The second-order valence-corrected chi connectivity index (χ2v) is 11.3. The fraction of sp³-hybridized carbons (Fsp3) is 0.677. The van der Waals surface area contributed by atoms with E-state index in [9.17, 15) is 0 Å². The molecule has 0 radical (unpaired) electrons. The first-order valence-electron chi connectivity index (χ1n) is 13.8. The van der Waals surface area contributed by atoms with Crippen molar-refractivity contribution < 1.29 is 8.78 Å². The highest BCUT2D eigenvalue weighted by atomic mass is 19.2. The Balaban J connectivity index is 1.39. The number of halogens is 2. The summed E-state index contributed by atoms with van der Waals surface area (Å²) in [5, 5.41) is 1.32. The van der Waals surface area contributed by atoms with Crippen LogP contribution in [0.15, 0.2) is 36.4 Å². The van der Waals surface area contributed by atoms with Gasteiger partial charge in [0, 0.05) is 10.6 Å². The van der Waals surface area contributed by atoms with E-state index in [-0.39, 0.29) is 0 Å². The number of hydrogen-bond donors (Lipinski definition) is 0. The van der Waals surface area contributed by atoms with E-state index in [1.54, 1.807) is 12.1 Å². The first-order chi connectivity index (χ1) is 16.1. The highest BCUT2D eigenvalue weighted by Crippen LogP contribution is 2.47. The molecule has 33 heavy (non-hydrogen) atoms. The van der Waals surface area contributed by atoms with Crippen LogP contribution < -0.4 is 10.4 Å².